The lowest BCUT2D eigenvalue weighted by molar-refractivity contribution is -0.160. The first kappa shape index (κ1) is 18.8. The van der Waals surface area contributed by atoms with Crippen LogP contribution in [-0.2, 0) is 19.1 Å². The number of ketones is 2. The van der Waals surface area contributed by atoms with E-state index in [0.29, 0.717) is 19.3 Å². The van der Waals surface area contributed by atoms with Crippen LogP contribution in [0.4, 0.5) is 0 Å². The lowest BCUT2D eigenvalue weighted by Crippen LogP contribution is -2.54. The number of allylic oxidation sites excluding steroid dienone is 1. The first-order valence-corrected chi connectivity index (χ1v) is 10.1. The zero-order chi connectivity index (χ0) is 19.3. The van der Waals surface area contributed by atoms with Crippen molar-refractivity contribution in [3.8, 4) is 0 Å². The Morgan fingerprint density at radius 3 is 2.74 bits per heavy atom. The SMILES string of the molecule is CC(=O)OCC(=O)[C@]1(O)CC[C@@H]2[C@@H]3CCC4=CC(=O)CC[C@@H]4[C@@H]3[C@H](O)C[C@@H]21. The van der Waals surface area contributed by atoms with E-state index < -0.39 is 30.1 Å². The van der Waals surface area contributed by atoms with Crippen molar-refractivity contribution in [1.82, 2.24) is 0 Å². The number of ether oxygens (including phenoxy) is 1. The summed E-state index contributed by atoms with van der Waals surface area (Å²) in [6.07, 6.45) is 5.83. The van der Waals surface area contributed by atoms with Crippen LogP contribution in [0, 0.1) is 29.6 Å². The normalized spacial score (nSPS) is 43.2. The molecule has 4 aliphatic rings. The molecule has 4 rings (SSSR count). The van der Waals surface area contributed by atoms with Crippen LogP contribution >= 0.6 is 0 Å². The molecule has 0 heterocycles. The van der Waals surface area contributed by atoms with Gasteiger partial charge in [-0.2, -0.15) is 0 Å². The van der Waals surface area contributed by atoms with E-state index in [0.717, 1.165) is 25.7 Å². The van der Waals surface area contributed by atoms with Crippen LogP contribution in [0.3, 0.4) is 0 Å². The van der Waals surface area contributed by atoms with Crippen LogP contribution in [0.5, 0.6) is 0 Å². The van der Waals surface area contributed by atoms with E-state index in [1.54, 1.807) is 6.08 Å². The fourth-order valence-electron chi connectivity index (χ4n) is 6.51. The molecule has 0 aromatic heterocycles. The van der Waals surface area contributed by atoms with Gasteiger partial charge in [0.05, 0.1) is 6.10 Å². The Kier molecular flexibility index (Phi) is 4.75. The quantitative estimate of drug-likeness (QED) is 0.725. The van der Waals surface area contributed by atoms with Gasteiger partial charge in [-0.3, -0.25) is 14.4 Å². The summed E-state index contributed by atoms with van der Waals surface area (Å²) in [5.41, 5.74) is -0.325. The number of aliphatic hydroxyl groups is 2. The van der Waals surface area contributed by atoms with Crippen LogP contribution < -0.4 is 0 Å². The van der Waals surface area contributed by atoms with Gasteiger partial charge in [0.2, 0.25) is 5.78 Å². The maximum atomic E-state index is 12.6. The molecule has 0 aromatic carbocycles. The number of Topliss-reactive ketones (excluding diaryl/α,β-unsaturated/α-hetero) is 1. The maximum Gasteiger partial charge on any atom is 0.303 e. The minimum Gasteiger partial charge on any atom is -0.458 e. The highest BCUT2D eigenvalue weighted by molar-refractivity contribution is 5.91. The fourth-order valence-corrected chi connectivity index (χ4v) is 6.51. The number of aliphatic hydroxyl groups excluding tert-OH is 1. The number of hydrogen-bond acceptors (Lipinski definition) is 6. The molecule has 148 valence electrons. The fraction of sp³-hybridized carbons (Fsp3) is 0.762. The molecule has 0 spiro atoms. The number of hydrogen-bond donors (Lipinski definition) is 2. The Bertz CT molecular complexity index is 697. The molecule has 3 saturated carbocycles. The molecular weight excluding hydrogens is 348 g/mol. The van der Waals surface area contributed by atoms with Crippen molar-refractivity contribution in [3.05, 3.63) is 11.6 Å². The van der Waals surface area contributed by atoms with Crippen molar-refractivity contribution in [2.75, 3.05) is 6.61 Å². The number of rotatable bonds is 3. The average Bonchev–Trinajstić information content (AvgIpc) is 2.97. The molecule has 7 atom stereocenters. The molecule has 3 fully saturated rings. The van der Waals surface area contributed by atoms with Crippen molar-refractivity contribution < 1.29 is 29.3 Å². The molecule has 0 bridgehead atoms. The molecule has 0 unspecified atom stereocenters. The number of carbonyl (C=O) groups excluding carboxylic acids is 3. The lowest BCUT2D eigenvalue weighted by atomic mass is 9.54. The van der Waals surface area contributed by atoms with Gasteiger partial charge >= 0.3 is 5.97 Å². The van der Waals surface area contributed by atoms with E-state index in [-0.39, 0.29) is 35.4 Å². The van der Waals surface area contributed by atoms with Gasteiger partial charge < -0.3 is 14.9 Å². The Labute approximate surface area is 159 Å². The monoisotopic (exact) mass is 376 g/mol. The second-order valence-electron chi connectivity index (χ2n) is 8.85. The second-order valence-corrected chi connectivity index (χ2v) is 8.85. The molecule has 4 aliphatic carbocycles. The summed E-state index contributed by atoms with van der Waals surface area (Å²) in [4.78, 5) is 35.4. The van der Waals surface area contributed by atoms with E-state index >= 15 is 0 Å². The highest BCUT2D eigenvalue weighted by atomic mass is 16.5. The summed E-state index contributed by atoms with van der Waals surface area (Å²) < 4.78 is 4.82. The van der Waals surface area contributed by atoms with Crippen LogP contribution in [-0.4, -0.2) is 46.1 Å². The Morgan fingerprint density at radius 2 is 2.00 bits per heavy atom. The molecule has 0 amide bonds. The first-order chi connectivity index (χ1) is 12.8. The summed E-state index contributed by atoms with van der Waals surface area (Å²) in [6, 6.07) is 0. The summed E-state index contributed by atoms with van der Waals surface area (Å²) in [6.45, 7) is 0.836. The van der Waals surface area contributed by atoms with Gasteiger partial charge in [-0.25, -0.2) is 0 Å². The van der Waals surface area contributed by atoms with Crippen LogP contribution in [0.2, 0.25) is 0 Å². The largest absolute Gasteiger partial charge is 0.458 e. The maximum absolute atomic E-state index is 12.6. The third kappa shape index (κ3) is 3.07. The smallest absolute Gasteiger partial charge is 0.303 e. The molecule has 2 N–H and O–H groups in total. The van der Waals surface area contributed by atoms with Gasteiger partial charge in [-0.05, 0) is 68.3 Å². The summed E-state index contributed by atoms with van der Waals surface area (Å²) in [5.74, 6) is -0.248. The summed E-state index contributed by atoms with van der Waals surface area (Å²) in [7, 11) is 0. The molecular formula is C21H28O6. The minimum absolute atomic E-state index is 0.116. The Hall–Kier alpha value is -1.53. The number of esters is 1. The van der Waals surface area contributed by atoms with Crippen molar-refractivity contribution in [2.45, 2.75) is 63.6 Å². The average molecular weight is 376 g/mol. The van der Waals surface area contributed by atoms with E-state index in [9.17, 15) is 24.6 Å². The Morgan fingerprint density at radius 1 is 1.22 bits per heavy atom. The van der Waals surface area contributed by atoms with Gasteiger partial charge in [-0.15, -0.1) is 0 Å². The topological polar surface area (TPSA) is 101 Å². The van der Waals surface area contributed by atoms with Crippen molar-refractivity contribution in [3.63, 3.8) is 0 Å². The summed E-state index contributed by atoms with van der Waals surface area (Å²) in [5, 5.41) is 22.1. The van der Waals surface area contributed by atoms with Gasteiger partial charge in [0, 0.05) is 19.3 Å². The van der Waals surface area contributed by atoms with Crippen molar-refractivity contribution in [2.24, 2.45) is 29.6 Å². The molecule has 6 heteroatoms. The van der Waals surface area contributed by atoms with E-state index in [4.69, 9.17) is 4.74 Å². The van der Waals surface area contributed by atoms with E-state index in [1.165, 1.54) is 12.5 Å². The standard InChI is InChI=1S/C21H28O6/c1-11(22)27-10-19(25)21(26)7-6-15-16-4-2-12-8-13(23)3-5-14(12)20(16)18(24)9-17(15)21/h8,14-18,20,24,26H,2-7,9-10H2,1H3/t14-,15+,16-,17-,18+,20-,21-/m0/s1. The predicted molar refractivity (Wildman–Crippen MR) is 95.5 cm³/mol. The van der Waals surface area contributed by atoms with Gasteiger partial charge in [0.1, 0.15) is 5.60 Å². The molecule has 27 heavy (non-hydrogen) atoms. The highest BCUT2D eigenvalue weighted by Crippen LogP contribution is 2.59. The third-order valence-corrected chi connectivity index (χ3v) is 7.62. The van der Waals surface area contributed by atoms with E-state index in [2.05, 4.69) is 0 Å². The molecule has 0 aliphatic heterocycles. The molecule has 6 nitrogen and oxygen atoms in total. The number of carbonyl (C=O) groups is 3. The summed E-state index contributed by atoms with van der Waals surface area (Å²) >= 11 is 0. The van der Waals surface area contributed by atoms with E-state index in [1.807, 2.05) is 0 Å². The van der Waals surface area contributed by atoms with Gasteiger partial charge in [0.25, 0.3) is 0 Å². The van der Waals surface area contributed by atoms with Gasteiger partial charge in [0.15, 0.2) is 12.4 Å². The van der Waals surface area contributed by atoms with Gasteiger partial charge in [-0.1, -0.05) is 5.57 Å². The van der Waals surface area contributed by atoms with Crippen LogP contribution in [0.15, 0.2) is 11.6 Å². The molecule has 0 aromatic rings. The first-order valence-electron chi connectivity index (χ1n) is 10.1. The Balaban J connectivity index is 1.55. The molecule has 0 radical (unpaired) electrons. The van der Waals surface area contributed by atoms with Crippen molar-refractivity contribution in [1.29, 1.82) is 0 Å². The van der Waals surface area contributed by atoms with Crippen LogP contribution in [0.25, 0.3) is 0 Å². The minimum atomic E-state index is -1.51. The number of fused-ring (bicyclic) bond motifs is 5. The molecule has 0 saturated heterocycles. The lowest BCUT2D eigenvalue weighted by Gasteiger charge is -2.52. The zero-order valence-electron chi connectivity index (χ0n) is 15.7. The predicted octanol–water partition coefficient (Wildman–Crippen LogP) is 1.57. The zero-order valence-corrected chi connectivity index (χ0v) is 15.7. The third-order valence-electron chi connectivity index (χ3n) is 7.62. The second kappa shape index (κ2) is 6.82. The highest BCUT2D eigenvalue weighted by Gasteiger charge is 2.60. The van der Waals surface area contributed by atoms with Crippen molar-refractivity contribution >= 4 is 17.5 Å². The van der Waals surface area contributed by atoms with Crippen LogP contribution in [0.1, 0.15) is 51.9 Å².